The number of hydrogen-bond donors (Lipinski definition) is 2. The second kappa shape index (κ2) is 6.68. The van der Waals surface area contributed by atoms with E-state index in [-0.39, 0.29) is 11.5 Å². The van der Waals surface area contributed by atoms with Crippen molar-refractivity contribution >= 4 is 33.6 Å². The number of nitrogens with one attached hydrogen (secondary N) is 2. The minimum absolute atomic E-state index is 0.0394. The predicted octanol–water partition coefficient (Wildman–Crippen LogP) is 3.35. The number of benzene rings is 1. The molecule has 6 nitrogen and oxygen atoms in total. The first-order chi connectivity index (χ1) is 11.8. The van der Waals surface area contributed by atoms with Gasteiger partial charge in [-0.3, -0.25) is 14.0 Å². The Hall–Kier alpha value is -2.67. The lowest BCUT2D eigenvalue weighted by atomic mass is 9.95. The summed E-state index contributed by atoms with van der Waals surface area (Å²) in [5.41, 5.74) is 1.71. The fourth-order valence-electron chi connectivity index (χ4n) is 2.20. The van der Waals surface area contributed by atoms with Gasteiger partial charge in [-0.2, -0.15) is 0 Å². The summed E-state index contributed by atoms with van der Waals surface area (Å²) in [6, 6.07) is 9.00. The molecule has 0 aliphatic carbocycles. The molecule has 7 heteroatoms. The average molecular weight is 356 g/mol. The molecule has 2 heterocycles. The lowest BCUT2D eigenvalue weighted by Crippen LogP contribution is -2.27. The van der Waals surface area contributed by atoms with Crippen LogP contribution in [-0.2, 0) is 11.3 Å². The summed E-state index contributed by atoms with van der Waals surface area (Å²) < 4.78 is 1.52. The van der Waals surface area contributed by atoms with Crippen molar-refractivity contribution in [3.63, 3.8) is 0 Å². The first-order valence-electron chi connectivity index (χ1n) is 7.94. The first-order valence-corrected chi connectivity index (χ1v) is 8.82. The van der Waals surface area contributed by atoms with Gasteiger partial charge in [-0.05, 0) is 18.2 Å². The highest BCUT2D eigenvalue weighted by Crippen LogP contribution is 2.20. The van der Waals surface area contributed by atoms with Gasteiger partial charge in [0.1, 0.15) is 0 Å². The second-order valence-corrected chi connectivity index (χ2v) is 7.65. The average Bonchev–Trinajstić information content (AvgIpc) is 3.01. The van der Waals surface area contributed by atoms with Crippen LogP contribution in [0.4, 0.5) is 11.4 Å². The molecule has 0 aliphatic heterocycles. The number of aromatic nitrogens is 2. The van der Waals surface area contributed by atoms with E-state index in [0.29, 0.717) is 17.2 Å². The second-order valence-electron chi connectivity index (χ2n) is 6.78. The van der Waals surface area contributed by atoms with Crippen molar-refractivity contribution in [1.82, 2.24) is 9.38 Å². The van der Waals surface area contributed by atoms with Gasteiger partial charge >= 0.3 is 0 Å². The lowest BCUT2D eigenvalue weighted by molar-refractivity contribution is -0.123. The Morgan fingerprint density at radius 2 is 2.00 bits per heavy atom. The van der Waals surface area contributed by atoms with Crippen molar-refractivity contribution in [3.8, 4) is 0 Å². The van der Waals surface area contributed by atoms with Crippen LogP contribution >= 0.6 is 11.3 Å². The summed E-state index contributed by atoms with van der Waals surface area (Å²) in [7, 11) is 0. The predicted molar refractivity (Wildman–Crippen MR) is 101 cm³/mol. The number of carbonyl (C=O) groups is 1. The number of amides is 1. The molecule has 0 saturated heterocycles. The molecule has 3 aromatic rings. The van der Waals surface area contributed by atoms with E-state index in [1.165, 1.54) is 21.8 Å². The topological polar surface area (TPSA) is 75.5 Å². The van der Waals surface area contributed by atoms with E-state index in [1.807, 2.05) is 50.4 Å². The lowest BCUT2D eigenvalue weighted by Gasteiger charge is -2.18. The zero-order chi connectivity index (χ0) is 18.0. The molecule has 0 saturated carbocycles. The number of nitrogens with zero attached hydrogens (tertiary/aromatic N) is 2. The molecule has 2 aromatic heterocycles. The highest BCUT2D eigenvalue weighted by Gasteiger charge is 2.21. The van der Waals surface area contributed by atoms with Crippen LogP contribution in [0, 0.1) is 5.41 Å². The van der Waals surface area contributed by atoms with Crippen LogP contribution in [0.5, 0.6) is 0 Å². The maximum Gasteiger partial charge on any atom is 0.258 e. The zero-order valence-electron chi connectivity index (χ0n) is 14.4. The van der Waals surface area contributed by atoms with Gasteiger partial charge in [-0.15, -0.1) is 11.3 Å². The minimum Gasteiger partial charge on any atom is -0.379 e. The number of anilines is 2. The molecule has 25 heavy (non-hydrogen) atoms. The van der Waals surface area contributed by atoms with Crippen molar-refractivity contribution in [2.75, 3.05) is 10.6 Å². The summed E-state index contributed by atoms with van der Waals surface area (Å²) in [4.78, 5) is 29.2. The van der Waals surface area contributed by atoms with E-state index in [0.717, 1.165) is 11.4 Å². The molecule has 1 amide bonds. The number of rotatable bonds is 4. The summed E-state index contributed by atoms with van der Waals surface area (Å²) in [5.74, 6) is -0.0394. The van der Waals surface area contributed by atoms with Crippen LogP contribution in [0.15, 0.2) is 46.7 Å². The van der Waals surface area contributed by atoms with E-state index in [4.69, 9.17) is 0 Å². The quantitative estimate of drug-likeness (QED) is 0.752. The number of hydrogen-bond acceptors (Lipinski definition) is 5. The standard InChI is InChI=1S/C18H20N4O2S/c1-18(2,3)16(24)20-13-6-4-5-12(9-13)19-11-14-10-15(23)22-7-8-25-17(22)21-14/h4-10,19H,11H2,1-3H3,(H,20,24). The third-order valence-electron chi connectivity index (χ3n) is 3.63. The summed E-state index contributed by atoms with van der Waals surface area (Å²) in [6.07, 6.45) is 1.72. The smallest absolute Gasteiger partial charge is 0.258 e. The van der Waals surface area contributed by atoms with Crippen LogP contribution in [0.2, 0.25) is 0 Å². The van der Waals surface area contributed by atoms with Crippen LogP contribution in [0.3, 0.4) is 0 Å². The maximum absolute atomic E-state index is 12.1. The Morgan fingerprint density at radius 3 is 2.76 bits per heavy atom. The summed E-state index contributed by atoms with van der Waals surface area (Å²) in [5, 5.41) is 7.98. The molecule has 0 fully saturated rings. The van der Waals surface area contributed by atoms with Crippen LogP contribution in [0.1, 0.15) is 26.5 Å². The molecule has 3 rings (SSSR count). The molecule has 130 valence electrons. The van der Waals surface area contributed by atoms with Crippen LogP contribution in [0.25, 0.3) is 4.96 Å². The molecular formula is C18H20N4O2S. The fraction of sp³-hybridized carbons (Fsp3) is 0.278. The van der Waals surface area contributed by atoms with Crippen molar-refractivity contribution in [2.24, 2.45) is 5.41 Å². The monoisotopic (exact) mass is 356 g/mol. The van der Waals surface area contributed by atoms with E-state index < -0.39 is 5.41 Å². The van der Waals surface area contributed by atoms with Crippen molar-refractivity contribution in [3.05, 3.63) is 58.0 Å². The summed E-state index contributed by atoms with van der Waals surface area (Å²) in [6.45, 7) is 6.04. The SMILES string of the molecule is CC(C)(C)C(=O)Nc1cccc(NCc2cc(=O)n3ccsc3n2)c1. The Labute approximate surface area is 149 Å². The number of fused-ring (bicyclic) bond motifs is 1. The largest absolute Gasteiger partial charge is 0.379 e. The highest BCUT2D eigenvalue weighted by atomic mass is 32.1. The van der Waals surface area contributed by atoms with Crippen molar-refractivity contribution < 1.29 is 4.79 Å². The van der Waals surface area contributed by atoms with Gasteiger partial charge in [-0.1, -0.05) is 26.8 Å². The van der Waals surface area contributed by atoms with E-state index in [2.05, 4.69) is 15.6 Å². The third kappa shape index (κ3) is 4.06. The van der Waals surface area contributed by atoms with Gasteiger partial charge in [-0.25, -0.2) is 4.98 Å². The maximum atomic E-state index is 12.1. The third-order valence-corrected chi connectivity index (χ3v) is 4.39. The van der Waals surface area contributed by atoms with Gasteiger partial charge in [0.25, 0.3) is 5.56 Å². The van der Waals surface area contributed by atoms with Crippen LogP contribution in [-0.4, -0.2) is 15.3 Å². The van der Waals surface area contributed by atoms with E-state index in [9.17, 15) is 9.59 Å². The zero-order valence-corrected chi connectivity index (χ0v) is 15.2. The van der Waals surface area contributed by atoms with E-state index in [1.54, 1.807) is 6.20 Å². The molecule has 0 aliphatic rings. The fourth-order valence-corrected chi connectivity index (χ4v) is 2.94. The molecular weight excluding hydrogens is 336 g/mol. The molecule has 0 unspecified atom stereocenters. The van der Waals surface area contributed by atoms with Crippen molar-refractivity contribution in [1.29, 1.82) is 0 Å². The Balaban J connectivity index is 1.71. The first kappa shape index (κ1) is 17.2. The van der Waals surface area contributed by atoms with Crippen LogP contribution < -0.4 is 16.2 Å². The van der Waals surface area contributed by atoms with Gasteiger partial charge in [0, 0.05) is 34.4 Å². The van der Waals surface area contributed by atoms with Gasteiger partial charge < -0.3 is 10.6 Å². The van der Waals surface area contributed by atoms with Gasteiger partial charge in [0.05, 0.1) is 12.2 Å². The highest BCUT2D eigenvalue weighted by molar-refractivity contribution is 7.15. The molecule has 0 spiro atoms. The molecule has 0 atom stereocenters. The van der Waals surface area contributed by atoms with E-state index >= 15 is 0 Å². The molecule has 2 N–H and O–H groups in total. The van der Waals surface area contributed by atoms with Gasteiger partial charge in [0.2, 0.25) is 5.91 Å². The molecule has 1 aromatic carbocycles. The number of thiazole rings is 1. The minimum atomic E-state index is -0.453. The Kier molecular flexibility index (Phi) is 4.59. The molecule has 0 radical (unpaired) electrons. The van der Waals surface area contributed by atoms with Crippen molar-refractivity contribution in [2.45, 2.75) is 27.3 Å². The molecule has 0 bridgehead atoms. The summed E-state index contributed by atoms with van der Waals surface area (Å²) >= 11 is 1.43. The number of carbonyl (C=O) groups excluding carboxylic acids is 1. The Morgan fingerprint density at radius 1 is 1.24 bits per heavy atom. The van der Waals surface area contributed by atoms with Gasteiger partial charge in [0.15, 0.2) is 4.96 Å². The Bertz CT molecular complexity index is 969. The normalized spacial score (nSPS) is 11.5.